The van der Waals surface area contributed by atoms with Gasteiger partial charge in [-0.15, -0.1) is 0 Å². The second-order valence-electron chi connectivity index (χ2n) is 5.13. The van der Waals surface area contributed by atoms with Crippen LogP contribution in [0.4, 0.5) is 0 Å². The van der Waals surface area contributed by atoms with Crippen molar-refractivity contribution in [3.63, 3.8) is 0 Å². The van der Waals surface area contributed by atoms with Crippen molar-refractivity contribution in [3.05, 3.63) is 83.4 Å². The van der Waals surface area contributed by atoms with Gasteiger partial charge in [-0.2, -0.15) is 0 Å². The fraction of sp³-hybridized carbons (Fsp3) is 0.200. The lowest BCUT2D eigenvalue weighted by atomic mass is 9.98. The van der Waals surface area contributed by atoms with Crippen LogP contribution in [-0.2, 0) is 0 Å². The van der Waals surface area contributed by atoms with Crippen LogP contribution in [0.25, 0.3) is 11.1 Å². The van der Waals surface area contributed by atoms with Crippen molar-refractivity contribution in [3.8, 4) is 0 Å². The second-order valence-corrected chi connectivity index (χ2v) is 5.13. The van der Waals surface area contributed by atoms with Crippen LogP contribution in [-0.4, -0.2) is 0 Å². The average molecular weight is 262 g/mol. The molecule has 0 bridgehead atoms. The molecule has 0 heteroatoms. The highest BCUT2D eigenvalue weighted by molar-refractivity contribution is 5.83. The van der Waals surface area contributed by atoms with E-state index in [1.807, 2.05) is 0 Å². The number of rotatable bonds is 4. The summed E-state index contributed by atoms with van der Waals surface area (Å²) in [6.07, 6.45) is 5.61. The van der Waals surface area contributed by atoms with Gasteiger partial charge in [0.25, 0.3) is 0 Å². The van der Waals surface area contributed by atoms with E-state index in [1.165, 1.54) is 27.8 Å². The molecule has 2 aromatic carbocycles. The minimum Gasteiger partial charge on any atom is -0.0769 e. The summed E-state index contributed by atoms with van der Waals surface area (Å²) in [5, 5.41) is 0. The van der Waals surface area contributed by atoms with Gasteiger partial charge in [-0.3, -0.25) is 0 Å². The molecule has 0 atom stereocenters. The first kappa shape index (κ1) is 14.3. The third kappa shape index (κ3) is 3.71. The van der Waals surface area contributed by atoms with Crippen molar-refractivity contribution in [2.24, 2.45) is 0 Å². The van der Waals surface area contributed by atoms with Gasteiger partial charge in [-0.25, -0.2) is 0 Å². The summed E-state index contributed by atoms with van der Waals surface area (Å²) >= 11 is 0. The number of benzene rings is 2. The van der Waals surface area contributed by atoms with Gasteiger partial charge in [0.05, 0.1) is 0 Å². The molecule has 20 heavy (non-hydrogen) atoms. The summed E-state index contributed by atoms with van der Waals surface area (Å²) in [5.74, 6) is 0. The van der Waals surface area contributed by atoms with E-state index in [-0.39, 0.29) is 0 Å². The Morgan fingerprint density at radius 3 is 2.15 bits per heavy atom. The zero-order valence-corrected chi connectivity index (χ0v) is 12.6. The predicted molar refractivity (Wildman–Crippen MR) is 89.5 cm³/mol. The first-order chi connectivity index (χ1) is 9.70. The van der Waals surface area contributed by atoms with E-state index in [4.69, 9.17) is 0 Å². The first-order valence-corrected chi connectivity index (χ1v) is 7.21. The van der Waals surface area contributed by atoms with Crippen molar-refractivity contribution >= 4 is 11.1 Å². The SMILES string of the molecule is CC/C=C(\C=C(\C)c1ccc(C)cc1)c1ccccc1. The molecule has 0 fully saturated rings. The van der Waals surface area contributed by atoms with E-state index < -0.39 is 0 Å². The van der Waals surface area contributed by atoms with Crippen molar-refractivity contribution in [1.29, 1.82) is 0 Å². The van der Waals surface area contributed by atoms with Gasteiger partial charge in [0.1, 0.15) is 0 Å². The molecule has 0 spiro atoms. The van der Waals surface area contributed by atoms with Gasteiger partial charge in [-0.05, 0) is 42.5 Å². The maximum Gasteiger partial charge on any atom is -0.0187 e. The zero-order chi connectivity index (χ0) is 14.4. The normalized spacial score (nSPS) is 12.6. The fourth-order valence-corrected chi connectivity index (χ4v) is 2.24. The summed E-state index contributed by atoms with van der Waals surface area (Å²) in [7, 11) is 0. The van der Waals surface area contributed by atoms with Crippen molar-refractivity contribution < 1.29 is 0 Å². The summed E-state index contributed by atoms with van der Waals surface area (Å²) in [4.78, 5) is 0. The number of allylic oxidation sites excluding steroid dienone is 4. The molecule has 0 saturated carbocycles. The number of hydrogen-bond donors (Lipinski definition) is 0. The van der Waals surface area contributed by atoms with Gasteiger partial charge >= 0.3 is 0 Å². The summed E-state index contributed by atoms with van der Waals surface area (Å²) in [6.45, 7) is 6.48. The third-order valence-corrected chi connectivity index (χ3v) is 3.41. The van der Waals surface area contributed by atoms with Crippen LogP contribution in [0.1, 0.15) is 37.0 Å². The Kier molecular flexibility index (Phi) is 4.95. The van der Waals surface area contributed by atoms with Crippen LogP contribution < -0.4 is 0 Å². The van der Waals surface area contributed by atoms with Crippen LogP contribution in [0.5, 0.6) is 0 Å². The summed E-state index contributed by atoms with van der Waals surface area (Å²) in [6, 6.07) is 19.3. The molecule has 0 aliphatic heterocycles. The standard InChI is InChI=1S/C20H22/c1-4-8-20(19-9-6-5-7-10-19)15-17(3)18-13-11-16(2)12-14-18/h5-15H,4H2,1-3H3/b17-15-,20-8+. The molecule has 0 aliphatic rings. The minimum absolute atomic E-state index is 1.04. The summed E-state index contributed by atoms with van der Waals surface area (Å²) in [5.41, 5.74) is 6.46. The Morgan fingerprint density at radius 2 is 1.55 bits per heavy atom. The first-order valence-electron chi connectivity index (χ1n) is 7.21. The molecule has 0 saturated heterocycles. The summed E-state index contributed by atoms with van der Waals surface area (Å²) < 4.78 is 0. The molecule has 0 aliphatic carbocycles. The highest BCUT2D eigenvalue weighted by atomic mass is 14.1. The topological polar surface area (TPSA) is 0 Å². The van der Waals surface area contributed by atoms with Crippen molar-refractivity contribution in [1.82, 2.24) is 0 Å². The van der Waals surface area contributed by atoms with Gasteiger partial charge < -0.3 is 0 Å². The van der Waals surface area contributed by atoms with Crippen LogP contribution >= 0.6 is 0 Å². The van der Waals surface area contributed by atoms with E-state index in [0.717, 1.165) is 6.42 Å². The molecule has 102 valence electrons. The molecule has 0 radical (unpaired) electrons. The lowest BCUT2D eigenvalue weighted by Crippen LogP contribution is -1.85. The Hall–Kier alpha value is -2.08. The number of aryl methyl sites for hydroxylation is 1. The Bertz CT molecular complexity index is 598. The minimum atomic E-state index is 1.04. The molecule has 0 amide bonds. The molecule has 2 rings (SSSR count). The number of hydrogen-bond acceptors (Lipinski definition) is 0. The monoisotopic (exact) mass is 262 g/mol. The predicted octanol–water partition coefficient (Wildman–Crippen LogP) is 5.89. The molecule has 0 nitrogen and oxygen atoms in total. The highest BCUT2D eigenvalue weighted by Gasteiger charge is 2.00. The quantitative estimate of drug-likeness (QED) is 0.602. The molecular weight excluding hydrogens is 240 g/mol. The maximum absolute atomic E-state index is 2.28. The molecule has 2 aromatic rings. The van der Waals surface area contributed by atoms with E-state index >= 15 is 0 Å². The molecular formula is C20H22. The third-order valence-electron chi connectivity index (χ3n) is 3.41. The molecule has 0 aromatic heterocycles. The maximum atomic E-state index is 2.28. The zero-order valence-electron chi connectivity index (χ0n) is 12.6. The fourth-order valence-electron chi connectivity index (χ4n) is 2.24. The van der Waals surface area contributed by atoms with Crippen LogP contribution in [0.2, 0.25) is 0 Å². The van der Waals surface area contributed by atoms with Gasteiger partial charge in [0.15, 0.2) is 0 Å². The molecule has 0 N–H and O–H groups in total. The van der Waals surface area contributed by atoms with Gasteiger partial charge in [0, 0.05) is 0 Å². The van der Waals surface area contributed by atoms with Crippen LogP contribution in [0.15, 0.2) is 66.7 Å². The Balaban J connectivity index is 2.34. The van der Waals surface area contributed by atoms with E-state index in [9.17, 15) is 0 Å². The van der Waals surface area contributed by atoms with Crippen LogP contribution in [0, 0.1) is 6.92 Å². The lowest BCUT2D eigenvalue weighted by molar-refractivity contribution is 1.23. The lowest BCUT2D eigenvalue weighted by Gasteiger charge is -2.07. The van der Waals surface area contributed by atoms with E-state index in [1.54, 1.807) is 0 Å². The second kappa shape index (κ2) is 6.91. The highest BCUT2D eigenvalue weighted by Crippen LogP contribution is 2.23. The largest absolute Gasteiger partial charge is 0.0769 e. The molecule has 0 unspecified atom stereocenters. The van der Waals surface area contributed by atoms with Gasteiger partial charge in [0.2, 0.25) is 0 Å². The Morgan fingerprint density at radius 1 is 0.900 bits per heavy atom. The van der Waals surface area contributed by atoms with Crippen molar-refractivity contribution in [2.75, 3.05) is 0 Å². The Labute approximate surface area is 122 Å². The van der Waals surface area contributed by atoms with Gasteiger partial charge in [-0.1, -0.05) is 79.2 Å². The van der Waals surface area contributed by atoms with Crippen LogP contribution in [0.3, 0.4) is 0 Å². The average Bonchev–Trinajstić information content (AvgIpc) is 2.48. The van der Waals surface area contributed by atoms with E-state index in [0.29, 0.717) is 0 Å². The van der Waals surface area contributed by atoms with E-state index in [2.05, 4.69) is 87.5 Å². The molecule has 0 heterocycles. The smallest absolute Gasteiger partial charge is 0.0187 e. The van der Waals surface area contributed by atoms with Crippen molar-refractivity contribution in [2.45, 2.75) is 27.2 Å².